The van der Waals surface area contributed by atoms with Gasteiger partial charge < -0.3 is 5.32 Å². The van der Waals surface area contributed by atoms with Crippen LogP contribution in [0.15, 0.2) is 16.6 Å². The van der Waals surface area contributed by atoms with Gasteiger partial charge in [0.15, 0.2) is 0 Å². The van der Waals surface area contributed by atoms with Crippen LogP contribution in [0, 0.1) is 20.8 Å². The minimum atomic E-state index is 0.192. The number of halogens is 2. The lowest BCUT2D eigenvalue weighted by Gasteiger charge is -2.12. The minimum absolute atomic E-state index is 0.192. The van der Waals surface area contributed by atoms with E-state index < -0.39 is 0 Å². The highest BCUT2D eigenvalue weighted by molar-refractivity contribution is 9.10. The molecule has 1 N–H and O–H groups in total. The summed E-state index contributed by atoms with van der Waals surface area (Å²) < 4.78 is 1.05. The van der Waals surface area contributed by atoms with E-state index in [1.807, 2.05) is 26.0 Å². The number of aryl methyl sites for hydroxylation is 3. The molecule has 0 radical (unpaired) electrons. The summed E-state index contributed by atoms with van der Waals surface area (Å²) in [4.78, 5) is 12.2. The highest BCUT2D eigenvalue weighted by Gasteiger charge is 2.07. The van der Waals surface area contributed by atoms with Crippen LogP contribution >= 0.6 is 27.5 Å². The summed E-state index contributed by atoms with van der Waals surface area (Å²) in [7, 11) is 0. The molecule has 0 saturated heterocycles. The van der Waals surface area contributed by atoms with E-state index in [9.17, 15) is 0 Å². The molecule has 0 unspecified atom stereocenters. The molecule has 1 heterocycles. The number of nitrogens with zero attached hydrogens (tertiary/aromatic N) is 3. The molecule has 0 atom stereocenters. The number of anilines is 2. The van der Waals surface area contributed by atoms with Crippen LogP contribution in [0.5, 0.6) is 0 Å². The minimum Gasteiger partial charge on any atom is -0.324 e. The van der Waals surface area contributed by atoms with Crippen LogP contribution in [-0.2, 0) is 0 Å². The van der Waals surface area contributed by atoms with Gasteiger partial charge >= 0.3 is 0 Å². The smallest absolute Gasteiger partial charge is 0.231 e. The van der Waals surface area contributed by atoms with Gasteiger partial charge in [-0.05, 0) is 55.6 Å². The molecule has 4 nitrogen and oxygen atoms in total. The fraction of sp³-hybridized carbons (Fsp3) is 0.250. The molecule has 2 aromatic rings. The Morgan fingerprint density at radius 2 is 1.67 bits per heavy atom. The molecule has 0 spiro atoms. The molecular formula is C12H12BrClN4. The van der Waals surface area contributed by atoms with Gasteiger partial charge in [-0.15, -0.1) is 0 Å². The maximum absolute atomic E-state index is 5.81. The molecule has 94 valence electrons. The van der Waals surface area contributed by atoms with E-state index in [1.54, 1.807) is 6.92 Å². The zero-order chi connectivity index (χ0) is 13.3. The van der Waals surface area contributed by atoms with Crippen molar-refractivity contribution in [3.8, 4) is 0 Å². The van der Waals surface area contributed by atoms with E-state index >= 15 is 0 Å². The molecule has 6 heteroatoms. The second-order valence-corrected chi connectivity index (χ2v) is 5.27. The molecule has 0 fully saturated rings. The monoisotopic (exact) mass is 326 g/mol. The Bertz CT molecular complexity index is 557. The summed E-state index contributed by atoms with van der Waals surface area (Å²) in [5.41, 5.74) is 3.20. The summed E-state index contributed by atoms with van der Waals surface area (Å²) in [6, 6.07) is 4.07. The van der Waals surface area contributed by atoms with E-state index in [4.69, 9.17) is 11.6 Å². The molecule has 0 amide bonds. The molecule has 2 rings (SSSR count). The fourth-order valence-corrected chi connectivity index (χ4v) is 2.61. The number of nitrogens with one attached hydrogen (secondary N) is 1. The second kappa shape index (κ2) is 5.20. The van der Waals surface area contributed by atoms with Crippen LogP contribution in [0.2, 0.25) is 5.28 Å². The number of aromatic nitrogens is 3. The van der Waals surface area contributed by atoms with Crippen molar-refractivity contribution in [1.82, 2.24) is 15.0 Å². The first-order valence-corrected chi connectivity index (χ1v) is 6.55. The fourth-order valence-electron chi connectivity index (χ4n) is 1.72. The first-order chi connectivity index (χ1) is 8.45. The van der Waals surface area contributed by atoms with E-state index in [0.29, 0.717) is 11.8 Å². The SMILES string of the molecule is Cc1nc(Cl)nc(Nc2c(C)cc(Br)cc2C)n1. The van der Waals surface area contributed by atoms with Gasteiger partial charge in [0.2, 0.25) is 11.2 Å². The summed E-state index contributed by atoms with van der Waals surface area (Å²) in [5, 5.41) is 3.37. The topological polar surface area (TPSA) is 50.7 Å². The van der Waals surface area contributed by atoms with Gasteiger partial charge in [0.05, 0.1) is 0 Å². The van der Waals surface area contributed by atoms with Crippen molar-refractivity contribution < 1.29 is 0 Å². The van der Waals surface area contributed by atoms with Gasteiger partial charge in [-0.1, -0.05) is 15.9 Å². The van der Waals surface area contributed by atoms with Gasteiger partial charge in [-0.25, -0.2) is 4.98 Å². The van der Waals surface area contributed by atoms with Gasteiger partial charge in [-0.3, -0.25) is 0 Å². The number of benzene rings is 1. The zero-order valence-electron chi connectivity index (χ0n) is 10.3. The number of hydrogen-bond acceptors (Lipinski definition) is 4. The Balaban J connectivity index is 2.40. The highest BCUT2D eigenvalue weighted by Crippen LogP contribution is 2.27. The number of hydrogen-bond donors (Lipinski definition) is 1. The van der Waals surface area contributed by atoms with Crippen LogP contribution in [0.1, 0.15) is 17.0 Å². The van der Waals surface area contributed by atoms with Gasteiger partial charge in [0.25, 0.3) is 0 Å². The Hall–Kier alpha value is -1.20. The molecule has 0 aliphatic rings. The lowest BCUT2D eigenvalue weighted by Crippen LogP contribution is -2.03. The second-order valence-electron chi connectivity index (χ2n) is 4.01. The van der Waals surface area contributed by atoms with Gasteiger partial charge in [0.1, 0.15) is 5.82 Å². The maximum atomic E-state index is 5.81. The predicted molar refractivity (Wildman–Crippen MR) is 76.5 cm³/mol. The van der Waals surface area contributed by atoms with Gasteiger partial charge in [-0.2, -0.15) is 9.97 Å². The van der Waals surface area contributed by atoms with E-state index in [0.717, 1.165) is 21.3 Å². The summed E-state index contributed by atoms with van der Waals surface area (Å²) in [5.74, 6) is 1.05. The van der Waals surface area contributed by atoms with Crippen molar-refractivity contribution >= 4 is 39.2 Å². The third-order valence-electron chi connectivity index (χ3n) is 2.45. The third kappa shape index (κ3) is 2.97. The van der Waals surface area contributed by atoms with Crippen molar-refractivity contribution in [2.45, 2.75) is 20.8 Å². The molecule has 0 saturated carbocycles. The molecule has 0 bridgehead atoms. The zero-order valence-corrected chi connectivity index (χ0v) is 12.6. The Morgan fingerprint density at radius 3 is 2.22 bits per heavy atom. The number of rotatable bonds is 2. The van der Waals surface area contributed by atoms with E-state index in [-0.39, 0.29) is 5.28 Å². The van der Waals surface area contributed by atoms with Crippen molar-refractivity contribution in [1.29, 1.82) is 0 Å². The van der Waals surface area contributed by atoms with Crippen molar-refractivity contribution in [2.24, 2.45) is 0 Å². The van der Waals surface area contributed by atoms with Crippen LogP contribution in [0.25, 0.3) is 0 Å². The lowest BCUT2D eigenvalue weighted by atomic mass is 10.1. The van der Waals surface area contributed by atoms with Crippen LogP contribution in [0.3, 0.4) is 0 Å². The molecule has 0 aliphatic carbocycles. The molecule has 0 aliphatic heterocycles. The maximum Gasteiger partial charge on any atom is 0.231 e. The van der Waals surface area contributed by atoms with E-state index in [1.165, 1.54) is 0 Å². The predicted octanol–water partition coefficient (Wildman–Crippen LogP) is 3.96. The summed E-state index contributed by atoms with van der Waals surface area (Å²) in [6.07, 6.45) is 0. The highest BCUT2D eigenvalue weighted by atomic mass is 79.9. The average Bonchev–Trinajstić information content (AvgIpc) is 2.22. The van der Waals surface area contributed by atoms with E-state index in [2.05, 4.69) is 36.2 Å². The lowest BCUT2D eigenvalue weighted by molar-refractivity contribution is 0.981. The average molecular weight is 328 g/mol. The summed E-state index contributed by atoms with van der Waals surface area (Å²) >= 11 is 9.28. The molecule has 1 aromatic carbocycles. The normalized spacial score (nSPS) is 10.5. The molecule has 18 heavy (non-hydrogen) atoms. The van der Waals surface area contributed by atoms with Crippen LogP contribution in [-0.4, -0.2) is 15.0 Å². The standard InChI is InChI=1S/C12H12BrClN4/c1-6-4-9(13)5-7(2)10(6)17-12-16-8(3)15-11(14)18-12/h4-5H,1-3H3,(H,15,16,17,18). The first-order valence-electron chi connectivity index (χ1n) is 5.37. The molecule has 1 aromatic heterocycles. The largest absolute Gasteiger partial charge is 0.324 e. The van der Waals surface area contributed by atoms with Crippen LogP contribution in [0.4, 0.5) is 11.6 Å². The first kappa shape index (κ1) is 13.2. The Labute approximate surface area is 119 Å². The van der Waals surface area contributed by atoms with Crippen molar-refractivity contribution in [3.63, 3.8) is 0 Å². The quantitative estimate of drug-likeness (QED) is 0.907. The van der Waals surface area contributed by atoms with Crippen molar-refractivity contribution in [3.05, 3.63) is 38.8 Å². The van der Waals surface area contributed by atoms with Gasteiger partial charge in [0, 0.05) is 10.2 Å². The Morgan fingerprint density at radius 1 is 1.06 bits per heavy atom. The Kier molecular flexibility index (Phi) is 3.82. The molecular weight excluding hydrogens is 316 g/mol. The van der Waals surface area contributed by atoms with Crippen molar-refractivity contribution in [2.75, 3.05) is 5.32 Å². The summed E-state index contributed by atoms with van der Waals surface area (Å²) in [6.45, 7) is 5.82. The third-order valence-corrected chi connectivity index (χ3v) is 3.08. The van der Waals surface area contributed by atoms with Crippen LogP contribution < -0.4 is 5.32 Å².